The van der Waals surface area contributed by atoms with E-state index in [1.54, 1.807) is 23.3 Å². The zero-order valence-electron chi connectivity index (χ0n) is 15.8. The number of thioether (sulfide) groups is 1. The molecule has 0 unspecified atom stereocenters. The fourth-order valence-corrected chi connectivity index (χ4v) is 4.40. The minimum absolute atomic E-state index is 0.0211. The van der Waals surface area contributed by atoms with Crippen molar-refractivity contribution in [2.45, 2.75) is 30.3 Å². The van der Waals surface area contributed by atoms with Gasteiger partial charge in [0.05, 0.1) is 29.2 Å². The van der Waals surface area contributed by atoms with Gasteiger partial charge in [-0.2, -0.15) is 5.26 Å². The van der Waals surface area contributed by atoms with Crippen LogP contribution in [0.2, 0.25) is 0 Å². The van der Waals surface area contributed by atoms with Gasteiger partial charge in [0, 0.05) is 13.6 Å². The first-order chi connectivity index (χ1) is 13.6. The van der Waals surface area contributed by atoms with Gasteiger partial charge in [-0.05, 0) is 23.9 Å². The van der Waals surface area contributed by atoms with Crippen molar-refractivity contribution in [1.82, 2.24) is 19.7 Å². The average Bonchev–Trinajstić information content (AvgIpc) is 3.37. The van der Waals surface area contributed by atoms with E-state index >= 15 is 0 Å². The van der Waals surface area contributed by atoms with Crippen LogP contribution >= 0.6 is 23.1 Å². The first-order valence-electron chi connectivity index (χ1n) is 8.89. The Morgan fingerprint density at radius 3 is 2.75 bits per heavy atom. The van der Waals surface area contributed by atoms with Crippen molar-refractivity contribution in [2.24, 2.45) is 0 Å². The Bertz CT molecular complexity index is 947. The van der Waals surface area contributed by atoms with E-state index in [1.807, 2.05) is 42.6 Å². The first kappa shape index (κ1) is 20.1. The topological polar surface area (TPSA) is 74.8 Å². The minimum atomic E-state index is -0.321. The predicted molar refractivity (Wildman–Crippen MR) is 112 cm³/mol. The molecule has 2 aromatic heterocycles. The van der Waals surface area contributed by atoms with Crippen molar-refractivity contribution in [3.8, 4) is 16.8 Å². The lowest BCUT2D eigenvalue weighted by Crippen LogP contribution is -2.34. The van der Waals surface area contributed by atoms with Gasteiger partial charge in [-0.25, -0.2) is 0 Å². The maximum absolute atomic E-state index is 12.6. The monoisotopic (exact) mass is 411 g/mol. The van der Waals surface area contributed by atoms with E-state index in [2.05, 4.69) is 33.0 Å². The quantitative estimate of drug-likeness (QED) is 0.526. The number of benzene rings is 1. The number of hydrogen-bond donors (Lipinski definition) is 0. The molecule has 0 bridgehead atoms. The lowest BCUT2D eigenvalue weighted by Gasteiger charge is -2.20. The van der Waals surface area contributed by atoms with Crippen molar-refractivity contribution >= 4 is 29.0 Å². The molecule has 0 fully saturated rings. The molecule has 1 aromatic carbocycles. The van der Waals surface area contributed by atoms with Crippen LogP contribution < -0.4 is 0 Å². The normalized spacial score (nSPS) is 11.8. The minimum Gasteiger partial charge on any atom is -0.344 e. The number of nitriles is 1. The average molecular weight is 412 g/mol. The molecule has 0 spiro atoms. The second-order valence-electron chi connectivity index (χ2n) is 6.28. The summed E-state index contributed by atoms with van der Waals surface area (Å²) in [5.41, 5.74) is 1.15. The Morgan fingerprint density at radius 2 is 2.07 bits per heavy atom. The van der Waals surface area contributed by atoms with Gasteiger partial charge < -0.3 is 4.90 Å². The Balaban J connectivity index is 1.84. The highest BCUT2D eigenvalue weighted by Gasteiger charge is 2.23. The van der Waals surface area contributed by atoms with Gasteiger partial charge in [-0.15, -0.1) is 21.5 Å². The Morgan fingerprint density at radius 1 is 1.29 bits per heavy atom. The summed E-state index contributed by atoms with van der Waals surface area (Å²) in [6, 6.07) is 16.2. The Labute approximate surface area is 172 Å². The van der Waals surface area contributed by atoms with Crippen LogP contribution in [0.3, 0.4) is 0 Å². The molecule has 28 heavy (non-hydrogen) atoms. The molecule has 3 aromatic rings. The molecule has 2 heterocycles. The number of aromatic nitrogens is 3. The van der Waals surface area contributed by atoms with Gasteiger partial charge >= 0.3 is 0 Å². The molecule has 0 aliphatic rings. The van der Waals surface area contributed by atoms with E-state index in [4.69, 9.17) is 5.26 Å². The van der Waals surface area contributed by atoms with Gasteiger partial charge in [-0.3, -0.25) is 9.36 Å². The van der Waals surface area contributed by atoms with Crippen LogP contribution in [0.25, 0.3) is 10.7 Å². The standard InChI is InChI=1S/C20H21N5OS2/c1-15(19(26)24(2)12-7-11-21)28-20-23-22-18(17-10-6-13-27-17)25(20)14-16-8-4-3-5-9-16/h3-6,8-10,13,15H,7,12,14H2,1-2H3/t15-/m0/s1. The number of carbonyl (C=O) groups excluding carboxylic acids is 1. The first-order valence-corrected chi connectivity index (χ1v) is 10.7. The smallest absolute Gasteiger partial charge is 0.235 e. The van der Waals surface area contributed by atoms with Crippen LogP contribution in [0.5, 0.6) is 0 Å². The number of rotatable bonds is 8. The SMILES string of the molecule is C[C@H](Sc1nnc(-c2cccs2)n1Cc1ccccc1)C(=O)N(C)CCC#N. The summed E-state index contributed by atoms with van der Waals surface area (Å²) in [5.74, 6) is 0.783. The van der Waals surface area contributed by atoms with Crippen LogP contribution in [0, 0.1) is 11.3 Å². The van der Waals surface area contributed by atoms with Crippen LogP contribution in [-0.2, 0) is 11.3 Å². The van der Waals surface area contributed by atoms with Gasteiger partial charge in [0.2, 0.25) is 5.91 Å². The second kappa shape index (κ2) is 9.53. The Kier molecular flexibility index (Phi) is 6.85. The highest BCUT2D eigenvalue weighted by molar-refractivity contribution is 8.00. The van der Waals surface area contributed by atoms with E-state index in [0.717, 1.165) is 16.3 Å². The largest absolute Gasteiger partial charge is 0.344 e. The fraction of sp³-hybridized carbons (Fsp3) is 0.300. The summed E-state index contributed by atoms with van der Waals surface area (Å²) in [7, 11) is 1.72. The molecular weight excluding hydrogens is 390 g/mol. The number of carbonyl (C=O) groups is 1. The third-order valence-electron chi connectivity index (χ3n) is 4.21. The van der Waals surface area contributed by atoms with Crippen LogP contribution in [-0.4, -0.2) is 44.4 Å². The molecular formula is C20H21N5OS2. The summed E-state index contributed by atoms with van der Waals surface area (Å²) in [6.45, 7) is 2.92. The summed E-state index contributed by atoms with van der Waals surface area (Å²) in [5, 5.41) is 19.9. The van der Waals surface area contributed by atoms with Gasteiger partial charge in [0.1, 0.15) is 0 Å². The van der Waals surface area contributed by atoms with E-state index in [1.165, 1.54) is 11.8 Å². The molecule has 0 saturated heterocycles. The van der Waals surface area contributed by atoms with Crippen LogP contribution in [0.1, 0.15) is 18.9 Å². The highest BCUT2D eigenvalue weighted by atomic mass is 32.2. The molecule has 0 aliphatic heterocycles. The molecule has 8 heteroatoms. The van der Waals surface area contributed by atoms with Crippen molar-refractivity contribution in [3.05, 3.63) is 53.4 Å². The summed E-state index contributed by atoms with van der Waals surface area (Å²) in [6.07, 6.45) is 0.326. The zero-order chi connectivity index (χ0) is 19.9. The molecule has 6 nitrogen and oxygen atoms in total. The van der Waals surface area contributed by atoms with Gasteiger partial charge in [-0.1, -0.05) is 48.2 Å². The van der Waals surface area contributed by atoms with E-state index < -0.39 is 0 Å². The summed E-state index contributed by atoms with van der Waals surface area (Å²) < 4.78 is 2.06. The van der Waals surface area contributed by atoms with E-state index in [-0.39, 0.29) is 11.2 Å². The lowest BCUT2D eigenvalue weighted by atomic mass is 10.2. The molecule has 3 rings (SSSR count). The van der Waals surface area contributed by atoms with Gasteiger partial charge in [0.25, 0.3) is 0 Å². The lowest BCUT2D eigenvalue weighted by molar-refractivity contribution is -0.128. The second-order valence-corrected chi connectivity index (χ2v) is 8.54. The molecule has 0 saturated carbocycles. The van der Waals surface area contributed by atoms with Crippen molar-refractivity contribution < 1.29 is 4.79 Å². The third-order valence-corrected chi connectivity index (χ3v) is 6.14. The number of hydrogen-bond acceptors (Lipinski definition) is 6. The summed E-state index contributed by atoms with van der Waals surface area (Å²) >= 11 is 3.01. The number of amides is 1. The van der Waals surface area contributed by atoms with E-state index in [9.17, 15) is 4.79 Å². The highest BCUT2D eigenvalue weighted by Crippen LogP contribution is 2.30. The summed E-state index contributed by atoms with van der Waals surface area (Å²) in [4.78, 5) is 15.2. The van der Waals surface area contributed by atoms with Crippen LogP contribution in [0.15, 0.2) is 53.0 Å². The molecule has 1 atom stereocenters. The number of nitrogens with zero attached hydrogens (tertiary/aromatic N) is 5. The van der Waals surface area contributed by atoms with E-state index in [0.29, 0.717) is 24.7 Å². The molecule has 0 N–H and O–H groups in total. The van der Waals surface area contributed by atoms with Crippen molar-refractivity contribution in [1.29, 1.82) is 5.26 Å². The van der Waals surface area contributed by atoms with Crippen LogP contribution in [0.4, 0.5) is 0 Å². The van der Waals surface area contributed by atoms with Crippen molar-refractivity contribution in [2.75, 3.05) is 13.6 Å². The maximum Gasteiger partial charge on any atom is 0.235 e. The van der Waals surface area contributed by atoms with Gasteiger partial charge in [0.15, 0.2) is 11.0 Å². The molecule has 0 radical (unpaired) electrons. The number of thiophene rings is 1. The molecule has 144 valence electrons. The maximum atomic E-state index is 12.6. The molecule has 1 amide bonds. The fourth-order valence-electron chi connectivity index (χ4n) is 2.72. The predicted octanol–water partition coefficient (Wildman–Crippen LogP) is 3.91. The third kappa shape index (κ3) is 4.80. The molecule has 0 aliphatic carbocycles. The van der Waals surface area contributed by atoms with Crippen molar-refractivity contribution in [3.63, 3.8) is 0 Å². The Hall–Kier alpha value is -2.63. The zero-order valence-corrected chi connectivity index (χ0v) is 17.4.